The van der Waals surface area contributed by atoms with E-state index in [-0.39, 0.29) is 12.5 Å². The molecule has 0 aromatic heterocycles. The number of unbranched alkanes of at least 4 members (excludes halogenated alkanes) is 1. The number of rotatable bonds is 10. The summed E-state index contributed by atoms with van der Waals surface area (Å²) in [6.45, 7) is 2.61. The Kier molecular flexibility index (Phi) is 7.64. The van der Waals surface area contributed by atoms with Crippen molar-refractivity contribution >= 4 is 13.4 Å². The molecule has 0 saturated carbocycles. The van der Waals surface area contributed by atoms with Gasteiger partial charge in [-0.05, 0) is 30.5 Å². The minimum absolute atomic E-state index is 0.0146. The molecule has 0 aliphatic heterocycles. The molecule has 0 bridgehead atoms. The van der Waals surface area contributed by atoms with E-state index in [0.29, 0.717) is 18.8 Å². The Bertz CT molecular complexity index is 457. The van der Waals surface area contributed by atoms with Crippen LogP contribution in [0, 0.1) is 0 Å². The quantitative estimate of drug-likeness (QED) is 0.338. The van der Waals surface area contributed by atoms with Crippen molar-refractivity contribution in [3.63, 3.8) is 0 Å². The zero-order valence-electron chi connectivity index (χ0n) is 12.2. The molecule has 6 nitrogen and oxygen atoms in total. The van der Waals surface area contributed by atoms with E-state index in [0.717, 1.165) is 18.4 Å². The van der Waals surface area contributed by atoms with Crippen molar-refractivity contribution in [2.75, 3.05) is 13.3 Å². The van der Waals surface area contributed by atoms with Crippen LogP contribution in [-0.2, 0) is 15.9 Å². The monoisotopic (exact) mass is 293 g/mol. The molecule has 1 aromatic carbocycles. The van der Waals surface area contributed by atoms with Crippen molar-refractivity contribution in [1.82, 2.24) is 0 Å². The van der Waals surface area contributed by atoms with Gasteiger partial charge in [-0.3, -0.25) is 4.79 Å². The lowest BCUT2D eigenvalue weighted by Crippen LogP contribution is -2.27. The van der Waals surface area contributed by atoms with Gasteiger partial charge in [0.1, 0.15) is 0 Å². The maximum absolute atomic E-state index is 11.3. The Morgan fingerprint density at radius 1 is 1.48 bits per heavy atom. The lowest BCUT2D eigenvalue weighted by atomic mass is 9.75. The van der Waals surface area contributed by atoms with Crippen LogP contribution in [0.15, 0.2) is 18.2 Å². The first-order valence-corrected chi connectivity index (χ1v) is 6.97. The topological polar surface area (TPSA) is 108 Å². The molecule has 7 heteroatoms. The highest BCUT2D eigenvalue weighted by molar-refractivity contribution is 6.37. The molecule has 21 heavy (non-hydrogen) atoms. The summed E-state index contributed by atoms with van der Waals surface area (Å²) < 4.78 is 10.4. The van der Waals surface area contributed by atoms with Gasteiger partial charge in [-0.15, -0.1) is 0 Å². The minimum Gasteiger partial charge on any atom is -0.504 e. The van der Waals surface area contributed by atoms with Crippen LogP contribution in [0.5, 0.6) is 11.5 Å². The van der Waals surface area contributed by atoms with E-state index >= 15 is 0 Å². The molecule has 0 unspecified atom stereocenters. The predicted octanol–water partition coefficient (Wildman–Crippen LogP) is 0.939. The first-order valence-electron chi connectivity index (χ1n) is 6.97. The first-order chi connectivity index (χ1) is 10.1. The fraction of sp³-hybridized carbons (Fsp3) is 0.500. The highest BCUT2D eigenvalue weighted by Gasteiger charge is 2.19. The number of phenols is 1. The Morgan fingerprint density at radius 2 is 2.24 bits per heavy atom. The molecule has 0 heterocycles. The summed E-state index contributed by atoms with van der Waals surface area (Å²) in [4.78, 5) is 11.3. The normalized spacial score (nSPS) is 11.9. The highest BCUT2D eigenvalue weighted by atomic mass is 16.5. The molecule has 0 spiro atoms. The minimum atomic E-state index is -0.597. The van der Waals surface area contributed by atoms with Gasteiger partial charge in [0.2, 0.25) is 5.91 Å². The van der Waals surface area contributed by atoms with Gasteiger partial charge >= 0.3 is 7.48 Å². The third-order valence-electron chi connectivity index (χ3n) is 2.96. The molecule has 0 fully saturated rings. The maximum Gasteiger partial charge on any atom is 0.307 e. The van der Waals surface area contributed by atoms with E-state index in [1.54, 1.807) is 18.2 Å². The molecule has 115 valence electrons. The third kappa shape index (κ3) is 6.05. The Morgan fingerprint density at radius 3 is 2.81 bits per heavy atom. The zero-order chi connectivity index (χ0) is 15.7. The second-order valence-electron chi connectivity index (χ2n) is 4.69. The summed E-state index contributed by atoms with van der Waals surface area (Å²) in [5, 5.41) is 9.92. The van der Waals surface area contributed by atoms with Crippen LogP contribution in [0.1, 0.15) is 25.3 Å². The Hall–Kier alpha value is -1.73. The van der Waals surface area contributed by atoms with Crippen molar-refractivity contribution in [3.05, 3.63) is 23.8 Å². The Balaban J connectivity index is 2.66. The summed E-state index contributed by atoms with van der Waals surface area (Å²) in [5.74, 6) is -0.623. The zero-order valence-corrected chi connectivity index (χ0v) is 12.2. The molecule has 5 N–H and O–H groups in total. The number of benzene rings is 1. The van der Waals surface area contributed by atoms with Crippen LogP contribution >= 0.6 is 0 Å². The van der Waals surface area contributed by atoms with E-state index < -0.39 is 11.7 Å². The fourth-order valence-corrected chi connectivity index (χ4v) is 1.78. The largest absolute Gasteiger partial charge is 0.504 e. The van der Waals surface area contributed by atoms with Crippen molar-refractivity contribution in [2.45, 2.75) is 32.0 Å². The molecule has 0 aliphatic carbocycles. The molecular formula is C14H22BN2O4. The van der Waals surface area contributed by atoms with Crippen LogP contribution in [0.2, 0.25) is 5.82 Å². The summed E-state index contributed by atoms with van der Waals surface area (Å²) in [5.41, 5.74) is 11.3. The van der Waals surface area contributed by atoms with Crippen LogP contribution in [0.4, 0.5) is 0 Å². The lowest BCUT2D eigenvalue weighted by molar-refractivity contribution is -0.118. The number of carbonyl (C=O) groups excluding carboxylic acids is 1. The van der Waals surface area contributed by atoms with Gasteiger partial charge < -0.3 is 26.0 Å². The summed E-state index contributed by atoms with van der Waals surface area (Å²) in [7, 11) is 1.32. The molecule has 1 rings (SSSR count). The predicted molar refractivity (Wildman–Crippen MR) is 81.1 cm³/mol. The van der Waals surface area contributed by atoms with Crippen LogP contribution < -0.4 is 16.2 Å². The van der Waals surface area contributed by atoms with Gasteiger partial charge in [0.05, 0.1) is 13.3 Å². The van der Waals surface area contributed by atoms with Gasteiger partial charge in [-0.2, -0.15) is 0 Å². The van der Waals surface area contributed by atoms with Crippen LogP contribution in [0.25, 0.3) is 0 Å². The van der Waals surface area contributed by atoms with Gasteiger partial charge in [0.15, 0.2) is 11.5 Å². The maximum atomic E-state index is 11.3. The number of hydrogen-bond donors (Lipinski definition) is 3. The Labute approximate surface area is 125 Å². The summed E-state index contributed by atoms with van der Waals surface area (Å²) >= 11 is 0. The molecule has 0 aliphatic rings. The van der Waals surface area contributed by atoms with Crippen molar-refractivity contribution in [3.8, 4) is 11.5 Å². The number of phenolic OH excluding ortho intramolecular Hbond substituents is 1. The van der Waals surface area contributed by atoms with Crippen molar-refractivity contribution in [2.24, 2.45) is 11.5 Å². The molecule has 1 radical (unpaired) electrons. The van der Waals surface area contributed by atoms with Gasteiger partial charge in [0.25, 0.3) is 0 Å². The molecule has 1 atom stereocenters. The van der Waals surface area contributed by atoms with E-state index in [9.17, 15) is 9.90 Å². The smallest absolute Gasteiger partial charge is 0.307 e. The van der Waals surface area contributed by atoms with Gasteiger partial charge in [-0.25, -0.2) is 0 Å². The van der Waals surface area contributed by atoms with Crippen molar-refractivity contribution < 1.29 is 19.3 Å². The number of aromatic hydroxyl groups is 1. The van der Waals surface area contributed by atoms with Gasteiger partial charge in [-0.1, -0.05) is 19.4 Å². The molecule has 0 saturated heterocycles. The lowest BCUT2D eigenvalue weighted by Gasteiger charge is -2.13. The number of amides is 1. The number of hydrogen-bond acceptors (Lipinski definition) is 5. The SMILES string of the molecule is CCCCOc1ccc(C[C@H]([B]OCN)C(N)=O)cc1O. The van der Waals surface area contributed by atoms with Crippen LogP contribution in [0.3, 0.4) is 0 Å². The summed E-state index contributed by atoms with van der Waals surface area (Å²) in [6, 6.07) is 5.03. The highest BCUT2D eigenvalue weighted by Crippen LogP contribution is 2.28. The number of carbonyl (C=O) groups is 1. The van der Waals surface area contributed by atoms with E-state index in [1.165, 1.54) is 7.48 Å². The molecule has 1 aromatic rings. The average Bonchev–Trinajstić information content (AvgIpc) is 2.45. The second kappa shape index (κ2) is 9.25. The third-order valence-corrected chi connectivity index (χ3v) is 2.96. The van der Waals surface area contributed by atoms with Gasteiger partial charge in [0, 0.05) is 5.82 Å². The average molecular weight is 293 g/mol. The van der Waals surface area contributed by atoms with E-state index in [2.05, 4.69) is 6.92 Å². The first kappa shape index (κ1) is 17.3. The number of primary amides is 1. The number of nitrogens with two attached hydrogens (primary N) is 2. The molecule has 1 amide bonds. The second-order valence-corrected chi connectivity index (χ2v) is 4.69. The van der Waals surface area contributed by atoms with Crippen LogP contribution in [-0.4, -0.2) is 31.8 Å². The molecular weight excluding hydrogens is 271 g/mol. The van der Waals surface area contributed by atoms with Crippen molar-refractivity contribution in [1.29, 1.82) is 0 Å². The number of ether oxygens (including phenoxy) is 1. The standard InChI is InChI=1S/C14H22BN2O4/c1-2-3-6-20-13-5-4-10(8-12(13)18)7-11(14(17)19)15-21-9-16/h4-5,8,11,18H,2-3,6-7,9,16H2,1H3,(H2,17,19)/t11-/m0/s1. The summed E-state index contributed by atoms with van der Waals surface area (Å²) in [6.07, 6.45) is 2.28. The fourth-order valence-electron chi connectivity index (χ4n) is 1.78. The van der Waals surface area contributed by atoms with E-state index in [1.807, 2.05) is 0 Å². The van der Waals surface area contributed by atoms with E-state index in [4.69, 9.17) is 20.9 Å².